The third-order valence-electron chi connectivity index (χ3n) is 3.41. The minimum Gasteiger partial charge on any atom is -0.506 e. The van der Waals surface area contributed by atoms with Crippen molar-refractivity contribution in [3.63, 3.8) is 0 Å². The quantitative estimate of drug-likeness (QED) is 0.868. The van der Waals surface area contributed by atoms with Crippen LogP contribution in [0.1, 0.15) is 17.3 Å². The van der Waals surface area contributed by atoms with Crippen molar-refractivity contribution in [1.29, 1.82) is 0 Å². The Morgan fingerprint density at radius 2 is 2.05 bits per heavy atom. The van der Waals surface area contributed by atoms with Crippen molar-refractivity contribution < 1.29 is 19.8 Å². The van der Waals surface area contributed by atoms with E-state index >= 15 is 0 Å². The highest BCUT2D eigenvalue weighted by Gasteiger charge is 2.37. The number of halogens is 1. The summed E-state index contributed by atoms with van der Waals surface area (Å²) >= 11 is 5.76. The summed E-state index contributed by atoms with van der Waals surface area (Å²) in [5.41, 5.74) is 0.348. The van der Waals surface area contributed by atoms with Crippen molar-refractivity contribution >= 4 is 23.5 Å². The van der Waals surface area contributed by atoms with Crippen LogP contribution in [0.15, 0.2) is 18.2 Å². The number of carboxylic acids is 1. The molecular weight excluding hydrogens is 270 g/mol. The van der Waals surface area contributed by atoms with Gasteiger partial charge in [-0.15, -0.1) is 0 Å². The normalized spacial score (nSPS) is 22.5. The monoisotopic (exact) mass is 283 g/mol. The van der Waals surface area contributed by atoms with Crippen molar-refractivity contribution in [2.24, 2.45) is 11.8 Å². The van der Waals surface area contributed by atoms with Crippen LogP contribution in [0.2, 0.25) is 5.02 Å². The van der Waals surface area contributed by atoms with E-state index in [-0.39, 0.29) is 29.1 Å². The molecule has 0 unspecified atom stereocenters. The van der Waals surface area contributed by atoms with E-state index in [1.807, 2.05) is 6.92 Å². The predicted molar refractivity (Wildman–Crippen MR) is 69.3 cm³/mol. The number of phenols is 1. The van der Waals surface area contributed by atoms with Crippen LogP contribution in [0.5, 0.6) is 5.75 Å². The molecule has 1 aromatic carbocycles. The van der Waals surface area contributed by atoms with Crippen molar-refractivity contribution in [3.8, 4) is 5.75 Å². The number of benzene rings is 1. The van der Waals surface area contributed by atoms with Crippen molar-refractivity contribution in [1.82, 2.24) is 4.90 Å². The molecule has 102 valence electrons. The zero-order valence-electron chi connectivity index (χ0n) is 10.3. The molecule has 0 saturated carbocycles. The smallest absolute Gasteiger partial charge is 0.308 e. The van der Waals surface area contributed by atoms with Gasteiger partial charge in [-0.05, 0) is 24.1 Å². The lowest BCUT2D eigenvalue weighted by molar-refractivity contribution is -0.142. The number of rotatable bonds is 2. The van der Waals surface area contributed by atoms with Crippen LogP contribution >= 0.6 is 11.6 Å². The molecule has 0 aromatic heterocycles. The average molecular weight is 284 g/mol. The molecule has 1 aliphatic heterocycles. The van der Waals surface area contributed by atoms with E-state index < -0.39 is 11.9 Å². The molecule has 1 fully saturated rings. The molecule has 6 heteroatoms. The Hall–Kier alpha value is -1.75. The second kappa shape index (κ2) is 5.09. The van der Waals surface area contributed by atoms with E-state index in [0.717, 1.165) is 0 Å². The number of hydrogen-bond acceptors (Lipinski definition) is 3. The maximum absolute atomic E-state index is 12.2. The minimum absolute atomic E-state index is 0.0750. The summed E-state index contributed by atoms with van der Waals surface area (Å²) in [6.07, 6.45) is 0. The number of aromatic hydroxyl groups is 1. The van der Waals surface area contributed by atoms with E-state index in [1.165, 1.54) is 23.1 Å². The van der Waals surface area contributed by atoms with Crippen LogP contribution in [0.4, 0.5) is 0 Å². The number of carboxylic acid groups (broad SMARTS) is 1. The van der Waals surface area contributed by atoms with Crippen molar-refractivity contribution in [2.75, 3.05) is 13.1 Å². The van der Waals surface area contributed by atoms with Gasteiger partial charge in [0.1, 0.15) is 5.75 Å². The first-order chi connectivity index (χ1) is 8.90. The van der Waals surface area contributed by atoms with Crippen LogP contribution in [-0.4, -0.2) is 40.1 Å². The Morgan fingerprint density at radius 1 is 1.37 bits per heavy atom. The highest BCUT2D eigenvalue weighted by atomic mass is 35.5. The maximum atomic E-state index is 12.2. The fraction of sp³-hybridized carbons (Fsp3) is 0.385. The zero-order valence-corrected chi connectivity index (χ0v) is 11.1. The van der Waals surface area contributed by atoms with Gasteiger partial charge in [0, 0.05) is 18.7 Å². The number of phenolic OH excluding ortho intramolecular Hbond substituents is 1. The van der Waals surface area contributed by atoms with Crippen LogP contribution in [0.3, 0.4) is 0 Å². The van der Waals surface area contributed by atoms with E-state index in [0.29, 0.717) is 12.1 Å². The highest BCUT2D eigenvalue weighted by Crippen LogP contribution is 2.27. The molecule has 2 N–H and O–H groups in total. The van der Waals surface area contributed by atoms with Crippen LogP contribution in [0.25, 0.3) is 0 Å². The van der Waals surface area contributed by atoms with Gasteiger partial charge in [0.25, 0.3) is 5.91 Å². The topological polar surface area (TPSA) is 77.8 Å². The number of amides is 1. The van der Waals surface area contributed by atoms with Gasteiger partial charge in [0.15, 0.2) is 0 Å². The van der Waals surface area contributed by atoms with Gasteiger partial charge in [0.2, 0.25) is 0 Å². The first-order valence-corrected chi connectivity index (χ1v) is 6.28. The van der Waals surface area contributed by atoms with Crippen molar-refractivity contribution in [3.05, 3.63) is 28.8 Å². The molecule has 2 rings (SSSR count). The first-order valence-electron chi connectivity index (χ1n) is 5.90. The third-order valence-corrected chi connectivity index (χ3v) is 3.71. The molecular formula is C13H14ClNO4. The molecule has 1 aromatic rings. The number of likely N-dealkylation sites (tertiary alicyclic amines) is 1. The van der Waals surface area contributed by atoms with E-state index in [1.54, 1.807) is 0 Å². The van der Waals surface area contributed by atoms with Gasteiger partial charge in [-0.1, -0.05) is 18.5 Å². The molecule has 5 nitrogen and oxygen atoms in total. The molecule has 1 saturated heterocycles. The summed E-state index contributed by atoms with van der Waals surface area (Å²) in [7, 11) is 0. The van der Waals surface area contributed by atoms with Gasteiger partial charge in [-0.3, -0.25) is 9.59 Å². The van der Waals surface area contributed by atoms with Crippen LogP contribution < -0.4 is 0 Å². The maximum Gasteiger partial charge on any atom is 0.308 e. The lowest BCUT2D eigenvalue weighted by Crippen LogP contribution is -2.29. The Balaban J connectivity index is 2.17. The molecule has 1 heterocycles. The Labute approximate surface area is 115 Å². The van der Waals surface area contributed by atoms with Crippen LogP contribution in [0, 0.1) is 11.8 Å². The Morgan fingerprint density at radius 3 is 2.58 bits per heavy atom. The predicted octanol–water partition coefficient (Wildman–Crippen LogP) is 1.84. The number of carbonyl (C=O) groups is 2. The van der Waals surface area contributed by atoms with E-state index in [4.69, 9.17) is 16.7 Å². The molecule has 0 spiro atoms. The van der Waals surface area contributed by atoms with Crippen molar-refractivity contribution in [2.45, 2.75) is 6.92 Å². The second-order valence-corrected chi connectivity index (χ2v) is 5.21. The van der Waals surface area contributed by atoms with Gasteiger partial charge >= 0.3 is 5.97 Å². The lowest BCUT2D eigenvalue weighted by atomic mass is 9.99. The fourth-order valence-electron chi connectivity index (χ4n) is 2.28. The van der Waals surface area contributed by atoms with Gasteiger partial charge in [-0.25, -0.2) is 0 Å². The summed E-state index contributed by atoms with van der Waals surface area (Å²) in [6.45, 7) is 2.43. The van der Waals surface area contributed by atoms with E-state index in [9.17, 15) is 14.7 Å². The molecule has 0 bridgehead atoms. The van der Waals surface area contributed by atoms with Crippen LogP contribution in [-0.2, 0) is 4.79 Å². The summed E-state index contributed by atoms with van der Waals surface area (Å²) in [5.74, 6) is -1.84. The van der Waals surface area contributed by atoms with Gasteiger partial charge in [-0.2, -0.15) is 0 Å². The standard InChI is InChI=1S/C13H14ClNO4/c1-7-5-15(6-9(7)13(18)19)12(17)8-2-3-11(16)10(14)4-8/h2-4,7,9,16H,5-6H2,1H3,(H,18,19)/t7-,9-/m1/s1. The molecule has 2 atom stereocenters. The first kappa shape index (κ1) is 13.7. The summed E-state index contributed by atoms with van der Waals surface area (Å²) in [5, 5.41) is 18.5. The molecule has 1 amide bonds. The van der Waals surface area contributed by atoms with Gasteiger partial charge in [0.05, 0.1) is 10.9 Å². The Bertz CT molecular complexity index is 531. The minimum atomic E-state index is -0.883. The second-order valence-electron chi connectivity index (χ2n) is 4.80. The molecule has 0 aliphatic carbocycles. The summed E-state index contributed by atoms with van der Waals surface area (Å²) in [4.78, 5) is 24.7. The number of carbonyl (C=O) groups excluding carboxylic acids is 1. The zero-order chi connectivity index (χ0) is 14.2. The number of nitrogens with zero attached hydrogens (tertiary/aromatic N) is 1. The summed E-state index contributed by atoms with van der Waals surface area (Å²) < 4.78 is 0. The average Bonchev–Trinajstić information content (AvgIpc) is 2.74. The highest BCUT2D eigenvalue weighted by molar-refractivity contribution is 6.32. The Kier molecular flexibility index (Phi) is 3.66. The largest absolute Gasteiger partial charge is 0.506 e. The molecule has 1 aliphatic rings. The fourth-order valence-corrected chi connectivity index (χ4v) is 2.46. The van der Waals surface area contributed by atoms with Gasteiger partial charge < -0.3 is 15.1 Å². The molecule has 0 radical (unpaired) electrons. The molecule has 19 heavy (non-hydrogen) atoms. The third kappa shape index (κ3) is 2.66. The van der Waals surface area contributed by atoms with E-state index in [2.05, 4.69) is 0 Å². The number of hydrogen-bond donors (Lipinski definition) is 2. The lowest BCUT2D eigenvalue weighted by Gasteiger charge is -2.16. The number of aliphatic carboxylic acids is 1. The summed E-state index contributed by atoms with van der Waals surface area (Å²) in [6, 6.07) is 4.21. The SMILES string of the molecule is C[C@@H]1CN(C(=O)c2ccc(O)c(Cl)c2)C[C@H]1C(=O)O.